The number of hydrogen-bond acceptors (Lipinski definition) is 14. The number of hydrogen-bond donors (Lipinski definition) is 8. The average molecular weight is 470 g/mol. The highest BCUT2D eigenvalue weighted by molar-refractivity contribution is 5.87. The average Bonchev–Trinajstić information content (AvgIpc) is 2.75. The minimum absolute atomic E-state index is 0.00221. The van der Waals surface area contributed by atoms with E-state index in [1.807, 2.05) is 0 Å². The predicted molar refractivity (Wildman–Crippen MR) is 98.8 cm³/mol. The molecule has 0 aliphatic carbocycles. The third-order valence-corrected chi connectivity index (χ3v) is 5.00. The maximum atomic E-state index is 11.9. The second-order valence-electron chi connectivity index (χ2n) is 7.52. The number of aliphatic hydroxyl groups excluding tert-OH is 8. The molecule has 0 radical (unpaired) electrons. The molecule has 2 aliphatic heterocycles. The maximum absolute atomic E-state index is 11.9. The molecular formula is C18H30O14. The zero-order chi connectivity index (χ0) is 24.4. The third-order valence-electron chi connectivity index (χ3n) is 5.00. The van der Waals surface area contributed by atoms with Crippen LogP contribution in [0.1, 0.15) is 20.3 Å². The first-order chi connectivity index (χ1) is 14.9. The molecule has 8 N–H and O–H groups in total. The summed E-state index contributed by atoms with van der Waals surface area (Å²) in [5.74, 6) is -3.34. The summed E-state index contributed by atoms with van der Waals surface area (Å²) in [6.07, 6.45) is -19.1. The van der Waals surface area contributed by atoms with Crippen LogP contribution in [0.3, 0.4) is 0 Å². The van der Waals surface area contributed by atoms with Crippen LogP contribution in [0.25, 0.3) is 0 Å². The number of aliphatic hydroxyl groups is 8. The van der Waals surface area contributed by atoms with Crippen LogP contribution in [0, 0.1) is 0 Å². The molecule has 2 aliphatic rings. The first-order valence-electron chi connectivity index (χ1n) is 9.78. The lowest BCUT2D eigenvalue weighted by atomic mass is 9.95. The number of carbonyl (C=O) groups is 1. The predicted octanol–water partition coefficient (Wildman–Crippen LogP) is -4.24. The quantitative estimate of drug-likeness (QED) is 0.0956. The van der Waals surface area contributed by atoms with Crippen LogP contribution >= 0.6 is 0 Å². The van der Waals surface area contributed by atoms with Crippen molar-refractivity contribution in [3.05, 3.63) is 12.2 Å². The van der Waals surface area contributed by atoms with Crippen molar-refractivity contribution in [1.29, 1.82) is 0 Å². The van der Waals surface area contributed by atoms with Gasteiger partial charge >= 0.3 is 5.97 Å². The van der Waals surface area contributed by atoms with Crippen molar-refractivity contribution in [2.24, 2.45) is 0 Å². The van der Waals surface area contributed by atoms with E-state index in [4.69, 9.17) is 23.7 Å². The summed E-state index contributed by atoms with van der Waals surface area (Å²) >= 11 is 0. The Labute approximate surface area is 182 Å². The van der Waals surface area contributed by atoms with Gasteiger partial charge in [0.1, 0.15) is 43.2 Å². The summed E-state index contributed by atoms with van der Waals surface area (Å²) in [6, 6.07) is 0. The SMILES string of the molecule is C=C(C)C(=O)OC(CC)O[C@@]1(CO)O[C@@H](O)[C@H](O)[C@H](O)[C@@H]1O[C@@H]1O[C@H](O)[C@@H](O)[C@H](O)[C@H]1O. The summed E-state index contributed by atoms with van der Waals surface area (Å²) < 4.78 is 26.0. The summed E-state index contributed by atoms with van der Waals surface area (Å²) in [7, 11) is 0. The fraction of sp³-hybridized carbons (Fsp3) is 0.833. The van der Waals surface area contributed by atoms with Crippen molar-refractivity contribution in [1.82, 2.24) is 0 Å². The van der Waals surface area contributed by atoms with Crippen molar-refractivity contribution >= 4 is 5.97 Å². The Morgan fingerprint density at radius 3 is 2.12 bits per heavy atom. The van der Waals surface area contributed by atoms with E-state index < -0.39 is 80.1 Å². The summed E-state index contributed by atoms with van der Waals surface area (Å²) in [5, 5.41) is 79.8. The number of carbonyl (C=O) groups excluding carboxylic acids is 1. The molecule has 2 fully saturated rings. The van der Waals surface area contributed by atoms with Crippen LogP contribution in [-0.4, -0.2) is 121 Å². The van der Waals surface area contributed by atoms with Gasteiger partial charge < -0.3 is 64.5 Å². The molecule has 0 bridgehead atoms. The first kappa shape index (κ1) is 27.0. The lowest BCUT2D eigenvalue weighted by molar-refractivity contribution is -0.450. The largest absolute Gasteiger partial charge is 0.432 e. The van der Waals surface area contributed by atoms with Crippen molar-refractivity contribution in [2.75, 3.05) is 6.61 Å². The molecule has 186 valence electrons. The highest BCUT2D eigenvalue weighted by atomic mass is 16.8. The van der Waals surface area contributed by atoms with E-state index in [0.29, 0.717) is 0 Å². The Bertz CT molecular complexity index is 660. The zero-order valence-corrected chi connectivity index (χ0v) is 17.4. The smallest absolute Gasteiger partial charge is 0.335 e. The molecule has 2 saturated heterocycles. The van der Waals surface area contributed by atoms with E-state index in [1.165, 1.54) is 13.8 Å². The second kappa shape index (κ2) is 10.8. The van der Waals surface area contributed by atoms with Crippen molar-refractivity contribution in [3.63, 3.8) is 0 Å². The lowest BCUT2D eigenvalue weighted by Gasteiger charge is -2.50. The normalized spacial score (nSPS) is 43.5. The topological polar surface area (TPSA) is 225 Å². The van der Waals surface area contributed by atoms with Crippen molar-refractivity contribution in [3.8, 4) is 0 Å². The van der Waals surface area contributed by atoms with Gasteiger partial charge in [0.05, 0.1) is 0 Å². The third kappa shape index (κ3) is 5.44. The van der Waals surface area contributed by atoms with Gasteiger partial charge in [0.25, 0.3) is 0 Å². The molecule has 32 heavy (non-hydrogen) atoms. The highest BCUT2D eigenvalue weighted by Gasteiger charge is 2.59. The Kier molecular flexibility index (Phi) is 9.08. The summed E-state index contributed by atoms with van der Waals surface area (Å²) in [4.78, 5) is 11.9. The Hall–Kier alpha value is -1.27. The van der Waals surface area contributed by atoms with Crippen LogP contribution in [0.4, 0.5) is 0 Å². The van der Waals surface area contributed by atoms with Gasteiger partial charge in [0, 0.05) is 12.0 Å². The van der Waals surface area contributed by atoms with Crippen LogP contribution < -0.4 is 0 Å². The van der Waals surface area contributed by atoms with E-state index in [1.54, 1.807) is 0 Å². The van der Waals surface area contributed by atoms with E-state index >= 15 is 0 Å². The molecule has 0 amide bonds. The van der Waals surface area contributed by atoms with E-state index in [0.717, 1.165) is 0 Å². The molecule has 0 aromatic heterocycles. The van der Waals surface area contributed by atoms with Crippen LogP contribution in [0.5, 0.6) is 0 Å². The van der Waals surface area contributed by atoms with E-state index in [-0.39, 0.29) is 12.0 Å². The van der Waals surface area contributed by atoms with Gasteiger partial charge in [-0.1, -0.05) is 13.5 Å². The lowest BCUT2D eigenvalue weighted by Crippen LogP contribution is -2.70. The van der Waals surface area contributed by atoms with Gasteiger partial charge in [0.2, 0.25) is 12.1 Å². The Morgan fingerprint density at radius 2 is 1.59 bits per heavy atom. The number of esters is 1. The minimum atomic E-state index is -2.48. The van der Waals surface area contributed by atoms with Gasteiger partial charge in [-0.3, -0.25) is 0 Å². The second-order valence-corrected chi connectivity index (χ2v) is 7.52. The summed E-state index contributed by atoms with van der Waals surface area (Å²) in [6.45, 7) is 5.20. The first-order valence-corrected chi connectivity index (χ1v) is 9.78. The monoisotopic (exact) mass is 470 g/mol. The summed E-state index contributed by atoms with van der Waals surface area (Å²) in [5.41, 5.74) is 0.0261. The molecule has 0 saturated carbocycles. The molecule has 0 aromatic carbocycles. The van der Waals surface area contributed by atoms with Gasteiger partial charge in [-0.2, -0.15) is 0 Å². The molecule has 2 heterocycles. The van der Waals surface area contributed by atoms with Crippen LogP contribution in [0.15, 0.2) is 12.2 Å². The number of rotatable bonds is 8. The molecule has 0 aromatic rings. The molecular weight excluding hydrogens is 440 g/mol. The Balaban J connectivity index is 2.34. The van der Waals surface area contributed by atoms with Crippen LogP contribution in [-0.2, 0) is 28.5 Å². The van der Waals surface area contributed by atoms with Gasteiger partial charge in [-0.15, -0.1) is 0 Å². The standard InChI is InChI=1S/C18H30O14/c1-4-7(28-14(25)6(2)3)31-18(5-19)13(9(21)11(23)16(27)32-18)29-17-12(24)8(20)10(22)15(26)30-17/h7-13,15-17,19-24,26-27H,2,4-5H2,1,3H3/t7?,8-,9-,10-,11+,12+,13-,15-,16+,17+,18-/m0/s1. The van der Waals surface area contributed by atoms with Gasteiger partial charge in [0.15, 0.2) is 18.9 Å². The Morgan fingerprint density at radius 1 is 1.00 bits per heavy atom. The fourth-order valence-electron chi connectivity index (χ4n) is 3.11. The molecule has 1 unspecified atom stereocenters. The van der Waals surface area contributed by atoms with Gasteiger partial charge in [-0.25, -0.2) is 4.79 Å². The number of ether oxygens (including phenoxy) is 5. The molecule has 2 rings (SSSR count). The molecule has 14 nitrogen and oxygen atoms in total. The van der Waals surface area contributed by atoms with Crippen molar-refractivity contribution < 1.29 is 69.3 Å². The maximum Gasteiger partial charge on any atom is 0.335 e. The van der Waals surface area contributed by atoms with Crippen molar-refractivity contribution in [2.45, 2.75) is 87.8 Å². The molecule has 0 spiro atoms. The molecule has 11 atom stereocenters. The van der Waals surface area contributed by atoms with E-state index in [9.17, 15) is 45.6 Å². The fourth-order valence-corrected chi connectivity index (χ4v) is 3.11. The highest BCUT2D eigenvalue weighted by Crippen LogP contribution is 2.36. The minimum Gasteiger partial charge on any atom is -0.432 e. The van der Waals surface area contributed by atoms with Gasteiger partial charge in [-0.05, 0) is 6.92 Å². The van der Waals surface area contributed by atoms with E-state index in [2.05, 4.69) is 6.58 Å². The molecule has 14 heteroatoms. The van der Waals surface area contributed by atoms with Crippen LogP contribution in [0.2, 0.25) is 0 Å². The zero-order valence-electron chi connectivity index (χ0n) is 17.4.